The third-order valence-corrected chi connectivity index (χ3v) is 3.15. The summed E-state index contributed by atoms with van der Waals surface area (Å²) in [6, 6.07) is 0.588. The van der Waals surface area contributed by atoms with Gasteiger partial charge in [-0.3, -0.25) is 0 Å². The number of nitrogens with zero attached hydrogens (tertiary/aromatic N) is 2. The molecule has 0 rings (SSSR count). The van der Waals surface area contributed by atoms with Crippen LogP contribution in [0.4, 0.5) is 0 Å². The predicted molar refractivity (Wildman–Crippen MR) is 68.4 cm³/mol. The Hall–Kier alpha value is -0.120. The second-order valence-electron chi connectivity index (χ2n) is 3.96. The Morgan fingerprint density at radius 2 is 1.13 bits per heavy atom. The summed E-state index contributed by atoms with van der Waals surface area (Å²) < 4.78 is 0. The van der Waals surface area contributed by atoms with E-state index in [4.69, 9.17) is 0 Å². The van der Waals surface area contributed by atoms with Crippen LogP contribution in [-0.4, -0.2) is 62.2 Å². The summed E-state index contributed by atoms with van der Waals surface area (Å²) in [6.45, 7) is 15.8. The maximum atomic E-state index is 3.42. The molecule has 0 radical (unpaired) electrons. The summed E-state index contributed by atoms with van der Waals surface area (Å²) in [6.07, 6.45) is 0. The predicted octanol–water partition coefficient (Wildman–Crippen LogP) is 1.26. The Morgan fingerprint density at radius 1 is 0.800 bits per heavy atom. The van der Waals surface area contributed by atoms with Crippen LogP contribution in [0.1, 0.15) is 27.7 Å². The lowest BCUT2D eigenvalue weighted by Crippen LogP contribution is -2.46. The monoisotopic (exact) mass is 215 g/mol. The minimum absolute atomic E-state index is 0.588. The van der Waals surface area contributed by atoms with Crippen molar-refractivity contribution in [2.75, 3.05) is 46.3 Å². The lowest BCUT2D eigenvalue weighted by molar-refractivity contribution is 0.213. The summed E-state index contributed by atoms with van der Waals surface area (Å²) >= 11 is 0. The normalized spacial score (nSPS) is 12.0. The highest BCUT2D eigenvalue weighted by atomic mass is 15.2. The van der Waals surface area contributed by atoms with Crippen molar-refractivity contribution in [3.05, 3.63) is 0 Å². The van der Waals surface area contributed by atoms with Gasteiger partial charge in [-0.25, -0.2) is 0 Å². The van der Waals surface area contributed by atoms with Crippen molar-refractivity contribution in [2.24, 2.45) is 0 Å². The van der Waals surface area contributed by atoms with Gasteiger partial charge in [-0.1, -0.05) is 27.7 Å². The van der Waals surface area contributed by atoms with E-state index in [0.29, 0.717) is 6.04 Å². The molecule has 0 atom stereocenters. The fourth-order valence-corrected chi connectivity index (χ4v) is 1.83. The van der Waals surface area contributed by atoms with Gasteiger partial charge in [0.15, 0.2) is 0 Å². The van der Waals surface area contributed by atoms with Crippen molar-refractivity contribution >= 4 is 0 Å². The average Bonchev–Trinajstić information content (AvgIpc) is 2.30. The average molecular weight is 215 g/mol. The van der Waals surface area contributed by atoms with E-state index in [1.807, 2.05) is 0 Å². The van der Waals surface area contributed by atoms with E-state index in [2.05, 4.69) is 49.9 Å². The van der Waals surface area contributed by atoms with Gasteiger partial charge in [0, 0.05) is 19.1 Å². The number of likely N-dealkylation sites (N-methyl/N-ethyl adjacent to an activating group) is 3. The summed E-state index contributed by atoms with van der Waals surface area (Å²) in [5.74, 6) is 0. The van der Waals surface area contributed by atoms with Gasteiger partial charge < -0.3 is 15.1 Å². The molecule has 0 aliphatic carbocycles. The molecule has 0 aromatic heterocycles. The third kappa shape index (κ3) is 6.13. The number of nitrogens with one attached hydrogen (secondary N) is 1. The molecule has 0 unspecified atom stereocenters. The summed E-state index contributed by atoms with van der Waals surface area (Å²) in [7, 11) is 2.07. The summed E-state index contributed by atoms with van der Waals surface area (Å²) in [5.41, 5.74) is 0. The Balaban J connectivity index is 4.00. The Labute approximate surface area is 95.8 Å². The first kappa shape index (κ1) is 14.9. The van der Waals surface area contributed by atoms with Crippen molar-refractivity contribution in [1.82, 2.24) is 15.1 Å². The fourth-order valence-electron chi connectivity index (χ4n) is 1.83. The molecule has 0 saturated carbocycles. The van der Waals surface area contributed by atoms with Crippen molar-refractivity contribution in [2.45, 2.75) is 33.7 Å². The molecule has 92 valence electrons. The van der Waals surface area contributed by atoms with E-state index < -0.39 is 0 Å². The van der Waals surface area contributed by atoms with E-state index in [9.17, 15) is 0 Å². The molecular formula is C12H29N3. The Morgan fingerprint density at radius 3 is 1.33 bits per heavy atom. The van der Waals surface area contributed by atoms with Crippen molar-refractivity contribution in [3.63, 3.8) is 0 Å². The van der Waals surface area contributed by atoms with E-state index in [0.717, 1.165) is 39.3 Å². The Bertz CT molecular complexity index is 117. The van der Waals surface area contributed by atoms with Crippen LogP contribution >= 0.6 is 0 Å². The number of rotatable bonds is 9. The summed E-state index contributed by atoms with van der Waals surface area (Å²) in [5, 5.41) is 3.42. The lowest BCUT2D eigenvalue weighted by Gasteiger charge is -2.29. The molecule has 0 fully saturated rings. The molecule has 3 heteroatoms. The van der Waals surface area contributed by atoms with Crippen LogP contribution in [0, 0.1) is 0 Å². The lowest BCUT2D eigenvalue weighted by atomic mass is 10.2. The maximum absolute atomic E-state index is 3.42. The second kappa shape index (κ2) is 9.13. The molecule has 0 aliphatic heterocycles. The summed E-state index contributed by atoms with van der Waals surface area (Å²) in [4.78, 5) is 4.95. The topological polar surface area (TPSA) is 18.5 Å². The minimum Gasteiger partial charge on any atom is -0.315 e. The van der Waals surface area contributed by atoms with Crippen LogP contribution in [-0.2, 0) is 0 Å². The highest BCUT2D eigenvalue weighted by molar-refractivity contribution is 4.73. The quantitative estimate of drug-likeness (QED) is 0.625. The molecule has 0 aromatic carbocycles. The maximum Gasteiger partial charge on any atom is 0.0320 e. The van der Waals surface area contributed by atoms with Gasteiger partial charge in [-0.2, -0.15) is 0 Å². The van der Waals surface area contributed by atoms with Crippen molar-refractivity contribution in [3.8, 4) is 0 Å². The first-order valence-corrected chi connectivity index (χ1v) is 6.33. The van der Waals surface area contributed by atoms with Crippen LogP contribution in [0.25, 0.3) is 0 Å². The molecule has 0 amide bonds. The standard InChI is InChI=1S/C12H29N3/c1-6-14(7-2)10-12(13-5)11-15(8-3)9-4/h12-13H,6-11H2,1-5H3. The van der Waals surface area contributed by atoms with Crippen LogP contribution in [0.2, 0.25) is 0 Å². The molecular weight excluding hydrogens is 186 g/mol. The van der Waals surface area contributed by atoms with Gasteiger partial charge in [0.2, 0.25) is 0 Å². The Kier molecular flexibility index (Phi) is 9.06. The van der Waals surface area contributed by atoms with Gasteiger partial charge in [0.1, 0.15) is 0 Å². The third-order valence-electron chi connectivity index (χ3n) is 3.15. The van der Waals surface area contributed by atoms with E-state index in [-0.39, 0.29) is 0 Å². The molecule has 0 bridgehead atoms. The molecule has 15 heavy (non-hydrogen) atoms. The number of hydrogen-bond acceptors (Lipinski definition) is 3. The van der Waals surface area contributed by atoms with Crippen molar-refractivity contribution in [1.29, 1.82) is 0 Å². The van der Waals surface area contributed by atoms with E-state index in [1.165, 1.54) is 0 Å². The van der Waals surface area contributed by atoms with E-state index >= 15 is 0 Å². The molecule has 0 spiro atoms. The van der Waals surface area contributed by atoms with Gasteiger partial charge in [-0.05, 0) is 33.2 Å². The first-order chi connectivity index (χ1) is 7.21. The van der Waals surface area contributed by atoms with Crippen LogP contribution in [0.5, 0.6) is 0 Å². The van der Waals surface area contributed by atoms with Crippen LogP contribution in [0.3, 0.4) is 0 Å². The SMILES string of the molecule is CCN(CC)CC(CN(CC)CC)NC. The molecule has 0 heterocycles. The van der Waals surface area contributed by atoms with Gasteiger partial charge in [0.25, 0.3) is 0 Å². The minimum atomic E-state index is 0.588. The molecule has 1 N–H and O–H groups in total. The van der Waals surface area contributed by atoms with Gasteiger partial charge >= 0.3 is 0 Å². The highest BCUT2D eigenvalue weighted by Gasteiger charge is 2.12. The second-order valence-corrected chi connectivity index (χ2v) is 3.96. The van der Waals surface area contributed by atoms with Gasteiger partial charge in [0.05, 0.1) is 0 Å². The number of hydrogen-bond donors (Lipinski definition) is 1. The fraction of sp³-hybridized carbons (Fsp3) is 1.00. The first-order valence-electron chi connectivity index (χ1n) is 6.33. The molecule has 0 saturated heterocycles. The van der Waals surface area contributed by atoms with Gasteiger partial charge in [-0.15, -0.1) is 0 Å². The highest BCUT2D eigenvalue weighted by Crippen LogP contribution is 1.96. The zero-order valence-corrected chi connectivity index (χ0v) is 11.2. The van der Waals surface area contributed by atoms with Crippen LogP contribution < -0.4 is 5.32 Å². The van der Waals surface area contributed by atoms with E-state index in [1.54, 1.807) is 0 Å². The zero-order valence-electron chi connectivity index (χ0n) is 11.2. The smallest absolute Gasteiger partial charge is 0.0320 e. The molecule has 0 aromatic rings. The van der Waals surface area contributed by atoms with Crippen LogP contribution in [0.15, 0.2) is 0 Å². The largest absolute Gasteiger partial charge is 0.315 e. The van der Waals surface area contributed by atoms with Crippen molar-refractivity contribution < 1.29 is 0 Å². The zero-order chi connectivity index (χ0) is 11.7. The molecule has 0 aliphatic rings. The molecule has 3 nitrogen and oxygen atoms in total.